The van der Waals surface area contributed by atoms with Gasteiger partial charge in [0.25, 0.3) is 5.91 Å². The van der Waals surface area contributed by atoms with Gasteiger partial charge in [0.15, 0.2) is 0 Å². The molecule has 2 aromatic carbocycles. The van der Waals surface area contributed by atoms with E-state index in [1.807, 2.05) is 30.3 Å². The highest BCUT2D eigenvalue weighted by Gasteiger charge is 2.34. The van der Waals surface area contributed by atoms with E-state index in [0.717, 1.165) is 11.6 Å². The van der Waals surface area contributed by atoms with E-state index in [1.54, 1.807) is 25.1 Å². The fraction of sp³-hybridized carbons (Fsp3) is 0.0870. The van der Waals surface area contributed by atoms with Gasteiger partial charge in [0.2, 0.25) is 0 Å². The molecule has 4 aromatic rings. The summed E-state index contributed by atoms with van der Waals surface area (Å²) in [4.78, 5) is 17.2. The van der Waals surface area contributed by atoms with Gasteiger partial charge in [0.05, 0.1) is 33.9 Å². The number of aromatic nitrogens is 3. The molecule has 0 aliphatic carbocycles. The van der Waals surface area contributed by atoms with Gasteiger partial charge in [-0.2, -0.15) is 18.3 Å². The van der Waals surface area contributed by atoms with Crippen molar-refractivity contribution in [1.29, 1.82) is 0 Å². The number of hydrogen-bond acceptors (Lipinski definition) is 3. The zero-order chi connectivity index (χ0) is 22.0. The van der Waals surface area contributed by atoms with E-state index in [4.69, 9.17) is 0 Å². The highest BCUT2D eigenvalue weighted by molar-refractivity contribution is 6.05. The average Bonchev–Trinajstić information content (AvgIpc) is 3.28. The Morgan fingerprint density at radius 3 is 2.42 bits per heavy atom. The minimum Gasteiger partial charge on any atom is -0.321 e. The molecule has 0 spiro atoms. The van der Waals surface area contributed by atoms with Crippen molar-refractivity contribution in [2.24, 2.45) is 0 Å². The van der Waals surface area contributed by atoms with E-state index in [1.165, 1.54) is 29.2 Å². The summed E-state index contributed by atoms with van der Waals surface area (Å²) in [6, 6.07) is 17.9. The lowest BCUT2D eigenvalue weighted by atomic mass is 10.1. The quantitative estimate of drug-likeness (QED) is 0.472. The van der Waals surface area contributed by atoms with Crippen molar-refractivity contribution in [3.8, 4) is 16.9 Å². The first kappa shape index (κ1) is 20.3. The Morgan fingerprint density at radius 1 is 1.00 bits per heavy atom. The van der Waals surface area contributed by atoms with E-state index in [2.05, 4.69) is 15.4 Å². The van der Waals surface area contributed by atoms with Crippen LogP contribution in [-0.4, -0.2) is 20.7 Å². The second-order valence-electron chi connectivity index (χ2n) is 6.83. The number of anilines is 1. The first-order valence-electron chi connectivity index (χ1n) is 9.38. The molecule has 156 valence electrons. The average molecular weight is 422 g/mol. The Bertz CT molecular complexity index is 1220. The lowest BCUT2D eigenvalue weighted by Crippen LogP contribution is -2.18. The molecular weight excluding hydrogens is 405 g/mol. The summed E-state index contributed by atoms with van der Waals surface area (Å²) in [5.74, 6) is -0.665. The Kier molecular flexibility index (Phi) is 5.29. The van der Waals surface area contributed by atoms with Crippen LogP contribution in [0.5, 0.6) is 0 Å². The molecule has 2 aromatic heterocycles. The van der Waals surface area contributed by atoms with Crippen LogP contribution in [0, 0.1) is 6.92 Å². The summed E-state index contributed by atoms with van der Waals surface area (Å²) in [6.07, 6.45) is -1.65. The molecule has 8 heteroatoms. The number of alkyl halides is 3. The maximum atomic E-state index is 13.6. The van der Waals surface area contributed by atoms with Crippen molar-refractivity contribution in [2.75, 3.05) is 5.32 Å². The van der Waals surface area contributed by atoms with Gasteiger partial charge in [-0.1, -0.05) is 30.3 Å². The number of aryl methyl sites for hydroxylation is 1. The Hall–Kier alpha value is -3.94. The summed E-state index contributed by atoms with van der Waals surface area (Å²) in [5, 5.41) is 6.32. The van der Waals surface area contributed by atoms with Gasteiger partial charge >= 0.3 is 6.18 Å². The molecule has 0 aliphatic heterocycles. The van der Waals surface area contributed by atoms with Crippen molar-refractivity contribution in [3.05, 3.63) is 95.9 Å². The van der Waals surface area contributed by atoms with Crippen LogP contribution in [0.2, 0.25) is 0 Å². The van der Waals surface area contributed by atoms with E-state index in [0.29, 0.717) is 11.4 Å². The fourth-order valence-electron chi connectivity index (χ4n) is 3.20. The number of nitrogens with zero attached hydrogens (tertiary/aromatic N) is 3. The number of carbonyl (C=O) groups excluding carboxylic acids is 1. The molecule has 0 fully saturated rings. The summed E-state index contributed by atoms with van der Waals surface area (Å²) in [7, 11) is 0. The van der Waals surface area contributed by atoms with Crippen LogP contribution in [0.3, 0.4) is 0 Å². The van der Waals surface area contributed by atoms with Gasteiger partial charge in [0, 0.05) is 18.0 Å². The monoisotopic (exact) mass is 422 g/mol. The standard InChI is InChI=1S/C23H17F3N4O/c1-15-18(9-11-20(28-15)16-6-3-2-4-7-16)22(31)29-21-10-8-17(30-13-5-12-27-30)14-19(21)23(24,25)26/h2-14H,1H3,(H,29,31). The van der Waals surface area contributed by atoms with Gasteiger partial charge < -0.3 is 5.32 Å². The predicted octanol–water partition coefficient (Wildman–Crippen LogP) is 5.51. The first-order valence-corrected chi connectivity index (χ1v) is 9.38. The topological polar surface area (TPSA) is 59.8 Å². The molecule has 2 heterocycles. The van der Waals surface area contributed by atoms with Crippen molar-refractivity contribution >= 4 is 11.6 Å². The first-order chi connectivity index (χ1) is 14.8. The molecule has 5 nitrogen and oxygen atoms in total. The largest absolute Gasteiger partial charge is 0.418 e. The molecular formula is C23H17F3N4O. The SMILES string of the molecule is Cc1nc(-c2ccccc2)ccc1C(=O)Nc1ccc(-n2cccn2)cc1C(F)(F)F. The third-order valence-corrected chi connectivity index (χ3v) is 4.73. The second-order valence-corrected chi connectivity index (χ2v) is 6.83. The van der Waals surface area contributed by atoms with Crippen molar-refractivity contribution in [3.63, 3.8) is 0 Å². The van der Waals surface area contributed by atoms with E-state index < -0.39 is 17.6 Å². The highest BCUT2D eigenvalue weighted by atomic mass is 19.4. The van der Waals surface area contributed by atoms with E-state index >= 15 is 0 Å². The minimum atomic E-state index is -4.66. The fourth-order valence-corrected chi connectivity index (χ4v) is 3.20. The molecule has 0 saturated heterocycles. The van der Waals surface area contributed by atoms with Crippen LogP contribution in [0.1, 0.15) is 21.6 Å². The van der Waals surface area contributed by atoms with Gasteiger partial charge in [-0.15, -0.1) is 0 Å². The van der Waals surface area contributed by atoms with Crippen molar-refractivity contribution in [1.82, 2.24) is 14.8 Å². The second kappa shape index (κ2) is 8.06. The number of amides is 1. The van der Waals surface area contributed by atoms with Crippen LogP contribution in [0.4, 0.5) is 18.9 Å². The Balaban J connectivity index is 1.64. The van der Waals surface area contributed by atoms with Crippen LogP contribution < -0.4 is 5.32 Å². The predicted molar refractivity (Wildman–Crippen MR) is 111 cm³/mol. The lowest BCUT2D eigenvalue weighted by Gasteiger charge is -2.16. The van der Waals surface area contributed by atoms with Gasteiger partial charge in [0.1, 0.15) is 0 Å². The maximum Gasteiger partial charge on any atom is 0.418 e. The molecule has 0 aliphatic rings. The number of nitrogens with one attached hydrogen (secondary N) is 1. The van der Waals surface area contributed by atoms with Crippen LogP contribution in [0.25, 0.3) is 16.9 Å². The minimum absolute atomic E-state index is 0.198. The van der Waals surface area contributed by atoms with Crippen LogP contribution in [-0.2, 0) is 6.18 Å². The number of hydrogen-bond donors (Lipinski definition) is 1. The van der Waals surface area contributed by atoms with Crippen LogP contribution >= 0.6 is 0 Å². The Morgan fingerprint density at radius 2 is 1.77 bits per heavy atom. The zero-order valence-electron chi connectivity index (χ0n) is 16.4. The Labute approximate surface area is 176 Å². The summed E-state index contributed by atoms with van der Waals surface area (Å²) >= 11 is 0. The van der Waals surface area contributed by atoms with Gasteiger partial charge in [-0.3, -0.25) is 9.78 Å². The molecule has 31 heavy (non-hydrogen) atoms. The summed E-state index contributed by atoms with van der Waals surface area (Å²) < 4.78 is 42.3. The van der Waals surface area contributed by atoms with E-state index in [9.17, 15) is 18.0 Å². The molecule has 0 atom stereocenters. The summed E-state index contributed by atoms with van der Waals surface area (Å²) in [5.41, 5.74) is 1.12. The van der Waals surface area contributed by atoms with Gasteiger partial charge in [-0.25, -0.2) is 4.68 Å². The maximum absolute atomic E-state index is 13.6. The van der Waals surface area contributed by atoms with Gasteiger partial charge in [-0.05, 0) is 43.3 Å². The van der Waals surface area contributed by atoms with E-state index in [-0.39, 0.29) is 16.9 Å². The molecule has 1 N–H and O–H groups in total. The lowest BCUT2D eigenvalue weighted by molar-refractivity contribution is -0.136. The molecule has 0 saturated carbocycles. The van der Waals surface area contributed by atoms with Crippen molar-refractivity contribution in [2.45, 2.75) is 13.1 Å². The smallest absolute Gasteiger partial charge is 0.321 e. The number of pyridine rings is 1. The van der Waals surface area contributed by atoms with Crippen LogP contribution in [0.15, 0.2) is 79.1 Å². The molecule has 0 bridgehead atoms. The molecule has 4 rings (SSSR count). The van der Waals surface area contributed by atoms with Crippen molar-refractivity contribution < 1.29 is 18.0 Å². The molecule has 0 radical (unpaired) electrons. The number of rotatable bonds is 4. The summed E-state index contributed by atoms with van der Waals surface area (Å²) in [6.45, 7) is 1.65. The number of halogens is 3. The zero-order valence-corrected chi connectivity index (χ0v) is 16.4. The molecule has 1 amide bonds. The normalized spacial score (nSPS) is 11.4. The highest BCUT2D eigenvalue weighted by Crippen LogP contribution is 2.36. The third kappa shape index (κ3) is 4.32. The third-order valence-electron chi connectivity index (χ3n) is 4.73. The number of carbonyl (C=O) groups is 1. The molecule has 0 unspecified atom stereocenters. The number of benzene rings is 2.